The van der Waals surface area contributed by atoms with E-state index in [1.54, 1.807) is 19.2 Å². The Bertz CT molecular complexity index is 701. The van der Waals surface area contributed by atoms with E-state index < -0.39 is 0 Å². The predicted octanol–water partition coefficient (Wildman–Crippen LogP) is 1.55. The summed E-state index contributed by atoms with van der Waals surface area (Å²) in [5.41, 5.74) is 0.978. The van der Waals surface area contributed by atoms with Crippen LogP contribution in [0.1, 0.15) is 37.3 Å². The minimum absolute atomic E-state index is 0.00180. The van der Waals surface area contributed by atoms with Crippen molar-refractivity contribution in [3.63, 3.8) is 0 Å². The van der Waals surface area contributed by atoms with Gasteiger partial charge in [0.25, 0.3) is 0 Å². The van der Waals surface area contributed by atoms with Crippen LogP contribution in [0, 0.1) is 11.7 Å². The quantitative estimate of drug-likeness (QED) is 0.547. The van der Waals surface area contributed by atoms with E-state index in [-0.39, 0.29) is 23.7 Å². The van der Waals surface area contributed by atoms with Gasteiger partial charge in [-0.05, 0) is 36.5 Å². The lowest BCUT2D eigenvalue weighted by Crippen LogP contribution is -2.52. The molecular formula is C23H35FN4O3. The average Bonchev–Trinajstić information content (AvgIpc) is 3.29. The van der Waals surface area contributed by atoms with Crippen LogP contribution < -0.4 is 10.6 Å². The van der Waals surface area contributed by atoms with Crippen LogP contribution in [0.15, 0.2) is 24.3 Å². The van der Waals surface area contributed by atoms with Gasteiger partial charge in [-0.25, -0.2) is 4.39 Å². The number of nitrogens with zero attached hydrogens (tertiary/aromatic N) is 2. The maximum atomic E-state index is 13.4. The van der Waals surface area contributed by atoms with Gasteiger partial charge in [0.1, 0.15) is 5.82 Å². The van der Waals surface area contributed by atoms with Gasteiger partial charge < -0.3 is 15.4 Å². The molecule has 2 amide bonds. The molecule has 7 nitrogen and oxygen atoms in total. The second kappa shape index (κ2) is 12.1. The van der Waals surface area contributed by atoms with Crippen LogP contribution in [0.5, 0.6) is 0 Å². The van der Waals surface area contributed by atoms with Crippen LogP contribution in [-0.4, -0.2) is 81.1 Å². The Kier molecular flexibility index (Phi) is 9.24. The Hall–Kier alpha value is -2.03. The molecule has 172 valence electrons. The molecule has 1 heterocycles. The van der Waals surface area contributed by atoms with Gasteiger partial charge >= 0.3 is 0 Å². The number of benzene rings is 1. The Morgan fingerprint density at radius 3 is 2.19 bits per heavy atom. The Balaban J connectivity index is 1.45. The van der Waals surface area contributed by atoms with Gasteiger partial charge in [-0.3, -0.25) is 19.4 Å². The number of carbonyl (C=O) groups excluding carboxylic acids is 2. The maximum absolute atomic E-state index is 13.4. The van der Waals surface area contributed by atoms with Gasteiger partial charge in [-0.15, -0.1) is 0 Å². The maximum Gasteiger partial charge on any atom is 0.234 e. The number of amides is 2. The van der Waals surface area contributed by atoms with Crippen LogP contribution >= 0.6 is 0 Å². The van der Waals surface area contributed by atoms with Crippen molar-refractivity contribution in [3.05, 3.63) is 35.6 Å². The van der Waals surface area contributed by atoms with Crippen molar-refractivity contribution < 1.29 is 18.7 Å². The van der Waals surface area contributed by atoms with Crippen molar-refractivity contribution in [1.82, 2.24) is 20.4 Å². The van der Waals surface area contributed by atoms with Crippen molar-refractivity contribution in [2.24, 2.45) is 5.92 Å². The zero-order valence-electron chi connectivity index (χ0n) is 18.4. The smallest absolute Gasteiger partial charge is 0.234 e. The number of nitrogens with one attached hydrogen (secondary N) is 2. The largest absolute Gasteiger partial charge is 0.383 e. The Morgan fingerprint density at radius 1 is 1.03 bits per heavy atom. The number of hydrogen-bond donors (Lipinski definition) is 2. The molecule has 2 aliphatic rings. The molecule has 1 saturated heterocycles. The topological polar surface area (TPSA) is 73.9 Å². The number of ether oxygens (including phenoxy) is 1. The zero-order chi connectivity index (χ0) is 22.1. The van der Waals surface area contributed by atoms with E-state index in [1.165, 1.54) is 25.0 Å². The molecule has 1 aromatic carbocycles. The lowest BCUT2D eigenvalue weighted by atomic mass is 9.91. The summed E-state index contributed by atoms with van der Waals surface area (Å²) in [4.78, 5) is 29.0. The SMILES string of the molecule is COCCNC(=O)CN1CCN(CC(=O)NC(c2ccc(F)cc2)C2CCCC2)CC1. The summed E-state index contributed by atoms with van der Waals surface area (Å²) < 4.78 is 18.3. The fraction of sp³-hybridized carbons (Fsp3) is 0.652. The van der Waals surface area contributed by atoms with Gasteiger partial charge in [0.05, 0.1) is 25.7 Å². The molecule has 2 N–H and O–H groups in total. The highest BCUT2D eigenvalue weighted by Crippen LogP contribution is 2.35. The molecule has 0 radical (unpaired) electrons. The van der Waals surface area contributed by atoms with Crippen molar-refractivity contribution in [1.29, 1.82) is 0 Å². The summed E-state index contributed by atoms with van der Waals surface area (Å²) >= 11 is 0. The lowest BCUT2D eigenvalue weighted by Gasteiger charge is -2.34. The fourth-order valence-electron chi connectivity index (χ4n) is 4.51. The summed E-state index contributed by atoms with van der Waals surface area (Å²) in [5.74, 6) is 0.155. The number of halogens is 1. The zero-order valence-corrected chi connectivity index (χ0v) is 18.4. The molecule has 1 aromatic rings. The number of methoxy groups -OCH3 is 1. The van der Waals surface area contributed by atoms with Crippen LogP contribution in [0.25, 0.3) is 0 Å². The first-order valence-corrected chi connectivity index (χ1v) is 11.3. The molecule has 3 rings (SSSR count). The second-order valence-electron chi connectivity index (χ2n) is 8.54. The third-order valence-corrected chi connectivity index (χ3v) is 6.24. The summed E-state index contributed by atoms with van der Waals surface area (Å²) in [7, 11) is 1.61. The standard InChI is InChI=1S/C23H35FN4O3/c1-31-15-10-25-21(29)16-27-11-13-28(14-12-27)17-22(30)26-23(18-4-2-3-5-18)19-6-8-20(24)9-7-19/h6-9,18,23H,2-5,10-17H2,1H3,(H,25,29)(H,26,30). The molecule has 0 spiro atoms. The van der Waals surface area contributed by atoms with Gasteiger partial charge in [0.2, 0.25) is 11.8 Å². The van der Waals surface area contributed by atoms with Gasteiger partial charge in [-0.2, -0.15) is 0 Å². The number of hydrogen-bond acceptors (Lipinski definition) is 5. The van der Waals surface area contributed by atoms with Crippen LogP contribution in [-0.2, 0) is 14.3 Å². The highest BCUT2D eigenvalue weighted by Gasteiger charge is 2.29. The molecular weight excluding hydrogens is 399 g/mol. The van der Waals surface area contributed by atoms with Crippen LogP contribution in [0.4, 0.5) is 4.39 Å². The molecule has 1 saturated carbocycles. The molecule has 31 heavy (non-hydrogen) atoms. The molecule has 0 aromatic heterocycles. The van der Waals surface area contributed by atoms with E-state index in [0.717, 1.165) is 44.6 Å². The summed E-state index contributed by atoms with van der Waals surface area (Å²) in [6, 6.07) is 6.44. The van der Waals surface area contributed by atoms with E-state index in [0.29, 0.717) is 32.2 Å². The second-order valence-corrected chi connectivity index (χ2v) is 8.54. The van der Waals surface area contributed by atoms with E-state index >= 15 is 0 Å². The van der Waals surface area contributed by atoms with E-state index in [9.17, 15) is 14.0 Å². The van der Waals surface area contributed by atoms with Crippen molar-refractivity contribution in [2.75, 3.05) is 59.5 Å². The van der Waals surface area contributed by atoms with Crippen molar-refractivity contribution >= 4 is 11.8 Å². The first-order valence-electron chi connectivity index (χ1n) is 11.3. The first-order chi connectivity index (χ1) is 15.0. The van der Waals surface area contributed by atoms with Crippen molar-refractivity contribution in [2.45, 2.75) is 31.7 Å². The van der Waals surface area contributed by atoms with Crippen LogP contribution in [0.3, 0.4) is 0 Å². The van der Waals surface area contributed by atoms with Crippen LogP contribution in [0.2, 0.25) is 0 Å². The molecule has 1 aliphatic carbocycles. The lowest BCUT2D eigenvalue weighted by molar-refractivity contribution is -0.125. The fourth-order valence-corrected chi connectivity index (χ4v) is 4.51. The molecule has 0 bridgehead atoms. The molecule has 1 aliphatic heterocycles. The minimum Gasteiger partial charge on any atom is -0.383 e. The molecule has 1 unspecified atom stereocenters. The first kappa shape index (κ1) is 23.6. The predicted molar refractivity (Wildman–Crippen MR) is 117 cm³/mol. The number of piperazine rings is 1. The third kappa shape index (κ3) is 7.55. The van der Waals surface area contributed by atoms with E-state index in [1.807, 2.05) is 0 Å². The number of carbonyl (C=O) groups is 2. The summed E-state index contributed by atoms with van der Waals surface area (Å²) in [6.45, 7) is 4.77. The third-order valence-electron chi connectivity index (χ3n) is 6.24. The number of rotatable bonds is 10. The van der Waals surface area contributed by atoms with E-state index in [4.69, 9.17) is 4.74 Å². The van der Waals surface area contributed by atoms with Gasteiger partial charge in [0.15, 0.2) is 0 Å². The minimum atomic E-state index is -0.259. The highest BCUT2D eigenvalue weighted by molar-refractivity contribution is 5.79. The normalized spacial score (nSPS) is 19.3. The molecule has 2 fully saturated rings. The monoisotopic (exact) mass is 434 g/mol. The highest BCUT2D eigenvalue weighted by atomic mass is 19.1. The summed E-state index contributed by atoms with van der Waals surface area (Å²) in [5, 5.41) is 6.06. The summed E-state index contributed by atoms with van der Waals surface area (Å²) in [6.07, 6.45) is 4.54. The van der Waals surface area contributed by atoms with Gasteiger partial charge in [0, 0.05) is 39.8 Å². The Morgan fingerprint density at radius 2 is 1.61 bits per heavy atom. The van der Waals surface area contributed by atoms with Crippen molar-refractivity contribution in [3.8, 4) is 0 Å². The van der Waals surface area contributed by atoms with E-state index in [2.05, 4.69) is 20.4 Å². The molecule has 1 atom stereocenters. The average molecular weight is 435 g/mol. The van der Waals surface area contributed by atoms with Gasteiger partial charge in [-0.1, -0.05) is 25.0 Å². The Labute approximate surface area is 184 Å². The molecule has 8 heteroatoms.